The number of fused-ring (bicyclic) bond motifs is 4. The first-order chi connectivity index (χ1) is 13.2. The number of para-hydroxylation sites is 3. The molecule has 0 saturated carbocycles. The van der Waals surface area contributed by atoms with Crippen LogP contribution < -0.4 is 14.5 Å². The number of nitrogens with zero attached hydrogens (tertiary/aromatic N) is 2. The lowest BCUT2D eigenvalue weighted by Crippen LogP contribution is -2.38. The van der Waals surface area contributed by atoms with Gasteiger partial charge in [-0.15, -0.1) is 0 Å². The van der Waals surface area contributed by atoms with E-state index in [4.69, 9.17) is 9.15 Å². The van der Waals surface area contributed by atoms with Crippen molar-refractivity contribution >= 4 is 39.0 Å². The molecule has 5 rings (SSSR count). The molecule has 0 aliphatic carbocycles. The molecule has 4 nitrogen and oxygen atoms in total. The Labute approximate surface area is 158 Å². The number of hydrogen-bond donors (Lipinski definition) is 0. The van der Waals surface area contributed by atoms with Crippen LogP contribution in [-0.4, -0.2) is 19.8 Å². The van der Waals surface area contributed by atoms with Crippen LogP contribution in [0, 0.1) is 0 Å². The van der Waals surface area contributed by atoms with E-state index in [1.54, 1.807) is 7.11 Å². The monoisotopic (exact) mass is 358 g/mol. The van der Waals surface area contributed by atoms with E-state index in [2.05, 4.69) is 60.0 Å². The molecule has 2 heterocycles. The second kappa shape index (κ2) is 5.95. The smallest absolute Gasteiger partial charge is 0.146 e. The maximum absolute atomic E-state index is 6.04. The predicted molar refractivity (Wildman–Crippen MR) is 111 cm³/mol. The Hall–Kier alpha value is -3.14. The lowest BCUT2D eigenvalue weighted by atomic mass is 10.1. The second-order valence-corrected chi connectivity index (χ2v) is 6.90. The fraction of sp³-hybridized carbons (Fsp3) is 0.217. The van der Waals surface area contributed by atoms with Gasteiger partial charge in [0.25, 0.3) is 0 Å². The number of hydrogen-bond acceptors (Lipinski definition) is 4. The highest BCUT2D eigenvalue weighted by Gasteiger charge is 2.34. The minimum Gasteiger partial charge on any atom is -0.494 e. The van der Waals surface area contributed by atoms with Gasteiger partial charge in [-0.05, 0) is 38.1 Å². The molecule has 0 bridgehead atoms. The Morgan fingerprint density at radius 1 is 0.889 bits per heavy atom. The summed E-state index contributed by atoms with van der Waals surface area (Å²) >= 11 is 0. The Morgan fingerprint density at radius 2 is 1.63 bits per heavy atom. The highest BCUT2D eigenvalue weighted by Crippen LogP contribution is 2.48. The van der Waals surface area contributed by atoms with Gasteiger partial charge in [-0.3, -0.25) is 0 Å². The maximum Gasteiger partial charge on any atom is 0.146 e. The van der Waals surface area contributed by atoms with E-state index >= 15 is 0 Å². The Kier molecular flexibility index (Phi) is 3.54. The standard InChI is InChI=1S/C23H22N2O2/c1-4-24-15(2)25(19-11-7-6-10-18(19)24)20-13-17-16-9-5-8-12-21(16)27-22(17)14-23(20)26-3/h5-15H,4H2,1-3H3/t15-/m0/s1. The Morgan fingerprint density at radius 3 is 2.41 bits per heavy atom. The zero-order valence-electron chi connectivity index (χ0n) is 15.8. The molecule has 27 heavy (non-hydrogen) atoms. The van der Waals surface area contributed by atoms with E-state index in [1.807, 2.05) is 24.3 Å². The minimum atomic E-state index is 0.205. The molecule has 0 unspecified atom stereocenters. The van der Waals surface area contributed by atoms with E-state index in [1.165, 1.54) is 11.4 Å². The number of anilines is 3. The van der Waals surface area contributed by atoms with E-state index in [0.717, 1.165) is 39.9 Å². The third-order valence-corrected chi connectivity index (χ3v) is 5.55. The molecule has 4 heteroatoms. The third kappa shape index (κ3) is 2.23. The number of ether oxygens (including phenoxy) is 1. The van der Waals surface area contributed by atoms with Gasteiger partial charge in [-0.25, -0.2) is 0 Å². The highest BCUT2D eigenvalue weighted by atomic mass is 16.5. The van der Waals surface area contributed by atoms with Gasteiger partial charge in [0.1, 0.15) is 23.1 Å². The summed E-state index contributed by atoms with van der Waals surface area (Å²) in [5, 5.41) is 2.24. The van der Waals surface area contributed by atoms with Gasteiger partial charge < -0.3 is 19.0 Å². The van der Waals surface area contributed by atoms with Crippen LogP contribution in [0.4, 0.5) is 17.1 Å². The molecule has 1 aromatic heterocycles. The molecular formula is C23H22N2O2. The summed E-state index contributed by atoms with van der Waals surface area (Å²) in [5.74, 6) is 0.821. The van der Waals surface area contributed by atoms with E-state index in [-0.39, 0.29) is 6.17 Å². The van der Waals surface area contributed by atoms with Crippen LogP contribution in [0.1, 0.15) is 13.8 Å². The van der Waals surface area contributed by atoms with Crippen LogP contribution in [-0.2, 0) is 0 Å². The Balaban J connectivity index is 1.78. The molecule has 0 amide bonds. The molecule has 4 aromatic rings. The van der Waals surface area contributed by atoms with Gasteiger partial charge >= 0.3 is 0 Å². The number of methoxy groups -OCH3 is 1. The summed E-state index contributed by atoms with van der Waals surface area (Å²) in [6.07, 6.45) is 0.205. The first-order valence-corrected chi connectivity index (χ1v) is 9.37. The minimum absolute atomic E-state index is 0.205. The topological polar surface area (TPSA) is 28.9 Å². The van der Waals surface area contributed by atoms with Crippen LogP contribution in [0.5, 0.6) is 5.75 Å². The van der Waals surface area contributed by atoms with Crippen molar-refractivity contribution in [1.82, 2.24) is 0 Å². The van der Waals surface area contributed by atoms with Crippen molar-refractivity contribution < 1.29 is 9.15 Å². The van der Waals surface area contributed by atoms with Crippen molar-refractivity contribution in [2.75, 3.05) is 23.5 Å². The number of furan rings is 1. The van der Waals surface area contributed by atoms with Crippen molar-refractivity contribution in [2.45, 2.75) is 20.0 Å². The summed E-state index contributed by atoms with van der Waals surface area (Å²) < 4.78 is 11.8. The zero-order valence-corrected chi connectivity index (χ0v) is 15.8. The molecule has 0 saturated heterocycles. The first-order valence-electron chi connectivity index (χ1n) is 9.37. The van der Waals surface area contributed by atoms with Crippen LogP contribution in [0.15, 0.2) is 65.1 Å². The second-order valence-electron chi connectivity index (χ2n) is 6.90. The fourth-order valence-corrected chi connectivity index (χ4v) is 4.31. The number of rotatable bonds is 3. The molecule has 0 spiro atoms. The van der Waals surface area contributed by atoms with Crippen LogP contribution in [0.25, 0.3) is 21.9 Å². The van der Waals surface area contributed by atoms with Crippen molar-refractivity contribution in [3.63, 3.8) is 0 Å². The van der Waals surface area contributed by atoms with Crippen molar-refractivity contribution in [3.05, 3.63) is 60.7 Å². The molecule has 1 aliphatic heterocycles. The lowest BCUT2D eigenvalue weighted by Gasteiger charge is -2.30. The van der Waals surface area contributed by atoms with Gasteiger partial charge in [-0.1, -0.05) is 30.3 Å². The van der Waals surface area contributed by atoms with Crippen LogP contribution >= 0.6 is 0 Å². The molecule has 0 radical (unpaired) electrons. The molecule has 1 aliphatic rings. The largest absolute Gasteiger partial charge is 0.494 e. The summed E-state index contributed by atoms with van der Waals surface area (Å²) in [4.78, 5) is 4.77. The first kappa shape index (κ1) is 16.1. The van der Waals surface area contributed by atoms with E-state index < -0.39 is 0 Å². The average molecular weight is 358 g/mol. The SMILES string of the molecule is CCN1c2ccccc2N(c2cc3c(cc2OC)oc2ccccc23)[C@H]1C. The van der Waals surface area contributed by atoms with Crippen molar-refractivity contribution in [3.8, 4) is 5.75 Å². The van der Waals surface area contributed by atoms with Gasteiger partial charge in [-0.2, -0.15) is 0 Å². The van der Waals surface area contributed by atoms with Crippen LogP contribution in [0.2, 0.25) is 0 Å². The summed E-state index contributed by atoms with van der Waals surface area (Å²) in [5.41, 5.74) is 5.28. The van der Waals surface area contributed by atoms with E-state index in [9.17, 15) is 0 Å². The number of benzene rings is 3. The van der Waals surface area contributed by atoms with Crippen molar-refractivity contribution in [2.24, 2.45) is 0 Å². The quantitative estimate of drug-likeness (QED) is 0.455. The fourth-order valence-electron chi connectivity index (χ4n) is 4.31. The lowest BCUT2D eigenvalue weighted by molar-refractivity contribution is 0.414. The highest BCUT2D eigenvalue weighted by molar-refractivity contribution is 6.07. The van der Waals surface area contributed by atoms with E-state index in [0.29, 0.717) is 0 Å². The third-order valence-electron chi connectivity index (χ3n) is 5.55. The zero-order chi connectivity index (χ0) is 18.5. The van der Waals surface area contributed by atoms with Crippen LogP contribution in [0.3, 0.4) is 0 Å². The van der Waals surface area contributed by atoms with Gasteiger partial charge in [0.05, 0.1) is 24.2 Å². The van der Waals surface area contributed by atoms with Crippen molar-refractivity contribution in [1.29, 1.82) is 0 Å². The molecule has 3 aromatic carbocycles. The maximum atomic E-state index is 6.04. The molecule has 0 fully saturated rings. The summed E-state index contributed by atoms with van der Waals surface area (Å²) in [6.45, 7) is 5.38. The summed E-state index contributed by atoms with van der Waals surface area (Å²) in [7, 11) is 1.72. The molecular weight excluding hydrogens is 336 g/mol. The molecule has 0 N–H and O–H groups in total. The molecule has 136 valence electrons. The average Bonchev–Trinajstić information content (AvgIpc) is 3.20. The Bertz CT molecular complexity index is 1150. The predicted octanol–water partition coefficient (Wildman–Crippen LogP) is 5.92. The summed E-state index contributed by atoms with van der Waals surface area (Å²) in [6, 6.07) is 20.9. The molecule has 1 atom stereocenters. The van der Waals surface area contributed by atoms with Gasteiger partial charge in [0.2, 0.25) is 0 Å². The van der Waals surface area contributed by atoms with Gasteiger partial charge in [0, 0.05) is 23.4 Å². The van der Waals surface area contributed by atoms with Gasteiger partial charge in [0.15, 0.2) is 0 Å². The normalized spacial score (nSPS) is 16.3.